The third-order valence-electron chi connectivity index (χ3n) is 1.26. The molecule has 74 valence electrons. The second-order valence-electron chi connectivity index (χ2n) is 2.16. The maximum Gasteiger partial charge on any atom is 0.574 e. The predicted molar refractivity (Wildman–Crippen MR) is 34.5 cm³/mol. The molecule has 1 rings (SSSR count). The zero-order chi connectivity index (χ0) is 10.1. The van der Waals surface area contributed by atoms with Gasteiger partial charge in [-0.2, -0.15) is 9.49 Å². The van der Waals surface area contributed by atoms with Crippen LogP contribution in [0.1, 0.15) is 6.92 Å². The van der Waals surface area contributed by atoms with Gasteiger partial charge in [-0.25, -0.2) is 4.68 Å². The molecule has 0 saturated heterocycles. The van der Waals surface area contributed by atoms with E-state index in [0.29, 0.717) is 6.20 Å². The Morgan fingerprint density at radius 2 is 2.15 bits per heavy atom. The summed E-state index contributed by atoms with van der Waals surface area (Å²) >= 11 is 0. The van der Waals surface area contributed by atoms with Gasteiger partial charge in [-0.15, -0.1) is 13.2 Å². The van der Waals surface area contributed by atoms with Gasteiger partial charge in [0.05, 0.1) is 6.20 Å². The van der Waals surface area contributed by atoms with Gasteiger partial charge < -0.3 is 4.74 Å². The van der Waals surface area contributed by atoms with Crippen LogP contribution in [0, 0.1) is 5.82 Å². The summed E-state index contributed by atoms with van der Waals surface area (Å²) in [6.07, 6.45) is -4.22. The molecule has 0 fully saturated rings. The fourth-order valence-electron chi connectivity index (χ4n) is 0.788. The first kappa shape index (κ1) is 9.82. The first-order chi connectivity index (χ1) is 5.94. The van der Waals surface area contributed by atoms with Crippen molar-refractivity contribution >= 4 is 0 Å². The highest BCUT2D eigenvalue weighted by Crippen LogP contribution is 2.24. The highest BCUT2D eigenvalue weighted by atomic mass is 19.4. The molecule has 0 bridgehead atoms. The first-order valence-corrected chi connectivity index (χ1v) is 3.41. The third-order valence-corrected chi connectivity index (χ3v) is 1.26. The molecular formula is C6H6F4N2O. The molecule has 7 heteroatoms. The molecule has 0 radical (unpaired) electrons. The van der Waals surface area contributed by atoms with Gasteiger partial charge in [0.15, 0.2) is 0 Å². The molecule has 0 aromatic carbocycles. The van der Waals surface area contributed by atoms with Gasteiger partial charge in [0.25, 0.3) is 5.88 Å². The molecule has 0 saturated carbocycles. The van der Waals surface area contributed by atoms with E-state index >= 15 is 0 Å². The quantitative estimate of drug-likeness (QED) is 0.679. The lowest BCUT2D eigenvalue weighted by atomic mass is 10.6. The van der Waals surface area contributed by atoms with Gasteiger partial charge in [-0.3, -0.25) is 0 Å². The summed E-state index contributed by atoms with van der Waals surface area (Å²) in [4.78, 5) is 0. The maximum atomic E-state index is 12.6. The number of hydrogen-bond acceptors (Lipinski definition) is 2. The summed E-state index contributed by atoms with van der Waals surface area (Å²) in [5, 5.41) is 3.34. The maximum absolute atomic E-state index is 12.6. The van der Waals surface area contributed by atoms with Crippen molar-refractivity contribution < 1.29 is 22.3 Å². The zero-order valence-electron chi connectivity index (χ0n) is 6.60. The average molecular weight is 198 g/mol. The minimum absolute atomic E-state index is 0.106. The van der Waals surface area contributed by atoms with E-state index in [1.54, 1.807) is 0 Å². The summed E-state index contributed by atoms with van der Waals surface area (Å²) in [7, 11) is 0. The summed E-state index contributed by atoms with van der Waals surface area (Å²) in [5.41, 5.74) is 0. The van der Waals surface area contributed by atoms with Crippen LogP contribution in [0.25, 0.3) is 0 Å². The van der Waals surface area contributed by atoms with E-state index in [0.717, 1.165) is 4.68 Å². The lowest BCUT2D eigenvalue weighted by Crippen LogP contribution is -2.20. The summed E-state index contributed by atoms with van der Waals surface area (Å²) in [6, 6.07) is 0. The molecule has 1 aromatic heterocycles. The van der Waals surface area contributed by atoms with Crippen LogP contribution in [-0.4, -0.2) is 16.1 Å². The fourth-order valence-corrected chi connectivity index (χ4v) is 0.788. The van der Waals surface area contributed by atoms with E-state index in [-0.39, 0.29) is 6.54 Å². The Morgan fingerprint density at radius 3 is 2.62 bits per heavy atom. The van der Waals surface area contributed by atoms with Gasteiger partial charge in [0.1, 0.15) is 0 Å². The highest BCUT2D eigenvalue weighted by Gasteiger charge is 2.34. The molecule has 1 heterocycles. The average Bonchev–Trinajstić information content (AvgIpc) is 2.30. The van der Waals surface area contributed by atoms with Crippen LogP contribution in [0.4, 0.5) is 17.6 Å². The topological polar surface area (TPSA) is 27.1 Å². The van der Waals surface area contributed by atoms with E-state index in [4.69, 9.17) is 0 Å². The van der Waals surface area contributed by atoms with Crippen LogP contribution in [0.15, 0.2) is 6.20 Å². The van der Waals surface area contributed by atoms with E-state index in [2.05, 4.69) is 9.84 Å². The fraction of sp³-hybridized carbons (Fsp3) is 0.500. The van der Waals surface area contributed by atoms with Crippen molar-refractivity contribution in [2.24, 2.45) is 0 Å². The second-order valence-corrected chi connectivity index (χ2v) is 2.16. The minimum atomic E-state index is -4.90. The Labute approximate surface area is 70.9 Å². The van der Waals surface area contributed by atoms with Crippen molar-refractivity contribution in [2.75, 3.05) is 0 Å². The predicted octanol–water partition coefficient (Wildman–Crippen LogP) is 1.94. The van der Waals surface area contributed by atoms with E-state index in [1.807, 2.05) is 0 Å². The minimum Gasteiger partial charge on any atom is -0.385 e. The van der Waals surface area contributed by atoms with Gasteiger partial charge in [0.2, 0.25) is 5.82 Å². The lowest BCUT2D eigenvalue weighted by Gasteiger charge is -2.09. The van der Waals surface area contributed by atoms with Crippen molar-refractivity contribution in [3.8, 4) is 5.88 Å². The summed E-state index contributed by atoms with van der Waals surface area (Å²) in [5.74, 6) is -2.03. The first-order valence-electron chi connectivity index (χ1n) is 3.41. The van der Waals surface area contributed by atoms with Crippen LogP contribution in [-0.2, 0) is 6.54 Å². The van der Waals surface area contributed by atoms with Crippen LogP contribution in [0.3, 0.4) is 0 Å². The molecule has 0 aliphatic rings. The van der Waals surface area contributed by atoms with Crippen LogP contribution in [0.5, 0.6) is 5.88 Å². The van der Waals surface area contributed by atoms with Crippen LogP contribution in [0.2, 0.25) is 0 Å². The number of aromatic nitrogens is 2. The molecule has 0 aliphatic heterocycles. The standard InChI is InChI=1S/C6H6F4N2O/c1-2-12-5(4(7)3-11-12)13-6(8,9)10/h3H,2H2,1H3. The normalized spacial score (nSPS) is 11.8. The molecule has 1 aromatic rings. The summed E-state index contributed by atoms with van der Waals surface area (Å²) in [6.45, 7) is 1.63. The zero-order valence-corrected chi connectivity index (χ0v) is 6.60. The Hall–Kier alpha value is -1.27. The van der Waals surface area contributed by atoms with Crippen molar-refractivity contribution in [3.63, 3.8) is 0 Å². The number of ether oxygens (including phenoxy) is 1. The Bertz CT molecular complexity index is 293. The molecule has 0 amide bonds. The van der Waals surface area contributed by atoms with Crippen molar-refractivity contribution in [2.45, 2.75) is 19.8 Å². The Balaban J connectivity index is 2.92. The Kier molecular flexibility index (Phi) is 2.44. The molecule has 13 heavy (non-hydrogen) atoms. The number of nitrogens with zero attached hydrogens (tertiary/aromatic N) is 2. The molecule has 0 unspecified atom stereocenters. The van der Waals surface area contributed by atoms with Crippen molar-refractivity contribution in [1.29, 1.82) is 0 Å². The smallest absolute Gasteiger partial charge is 0.385 e. The third kappa shape index (κ3) is 2.33. The molecule has 0 spiro atoms. The molecule has 0 aliphatic carbocycles. The molecule has 0 N–H and O–H groups in total. The summed E-state index contributed by atoms with van der Waals surface area (Å²) < 4.78 is 51.9. The largest absolute Gasteiger partial charge is 0.574 e. The number of rotatable bonds is 2. The lowest BCUT2D eigenvalue weighted by molar-refractivity contribution is -0.278. The van der Waals surface area contributed by atoms with Crippen LogP contribution < -0.4 is 4.74 Å². The highest BCUT2D eigenvalue weighted by molar-refractivity contribution is 5.11. The van der Waals surface area contributed by atoms with Gasteiger partial charge in [0, 0.05) is 6.54 Å². The molecular weight excluding hydrogens is 192 g/mol. The number of halogens is 4. The SMILES string of the molecule is CCn1ncc(F)c1OC(F)(F)F. The number of alkyl halides is 3. The van der Waals surface area contributed by atoms with Gasteiger partial charge >= 0.3 is 6.36 Å². The Morgan fingerprint density at radius 1 is 1.54 bits per heavy atom. The number of aryl methyl sites for hydroxylation is 1. The van der Waals surface area contributed by atoms with E-state index < -0.39 is 18.1 Å². The number of hydrogen-bond donors (Lipinski definition) is 0. The van der Waals surface area contributed by atoms with Gasteiger partial charge in [-0.05, 0) is 6.92 Å². The van der Waals surface area contributed by atoms with Gasteiger partial charge in [-0.1, -0.05) is 0 Å². The second kappa shape index (κ2) is 3.23. The molecule has 3 nitrogen and oxygen atoms in total. The van der Waals surface area contributed by atoms with E-state index in [1.165, 1.54) is 6.92 Å². The van der Waals surface area contributed by atoms with Crippen molar-refractivity contribution in [3.05, 3.63) is 12.0 Å². The van der Waals surface area contributed by atoms with E-state index in [9.17, 15) is 17.6 Å². The monoisotopic (exact) mass is 198 g/mol. The van der Waals surface area contributed by atoms with Crippen LogP contribution >= 0.6 is 0 Å². The van der Waals surface area contributed by atoms with Crippen molar-refractivity contribution in [1.82, 2.24) is 9.78 Å². The molecule has 0 atom stereocenters.